The summed E-state index contributed by atoms with van der Waals surface area (Å²) in [5, 5.41) is 13.3. The molecule has 5 nitrogen and oxygen atoms in total. The highest BCUT2D eigenvalue weighted by atomic mass is 16.4. The Labute approximate surface area is 99.1 Å². The molecule has 0 fully saturated rings. The van der Waals surface area contributed by atoms with Crippen molar-refractivity contribution >= 4 is 11.6 Å². The third kappa shape index (κ3) is 2.27. The van der Waals surface area contributed by atoms with Crippen LogP contribution in [0, 0.1) is 12.3 Å². The molecule has 1 N–H and O–H groups in total. The Bertz CT molecular complexity index is 572. The molecule has 0 unspecified atom stereocenters. The van der Waals surface area contributed by atoms with Crippen LogP contribution < -0.4 is 0 Å². The Balaban J connectivity index is 2.34. The van der Waals surface area contributed by atoms with Crippen molar-refractivity contribution in [2.75, 3.05) is 0 Å². The Morgan fingerprint density at radius 3 is 2.88 bits per heavy atom. The van der Waals surface area contributed by atoms with E-state index in [0.29, 0.717) is 12.2 Å². The molecule has 5 heteroatoms. The first kappa shape index (κ1) is 11.6. The first-order valence-electron chi connectivity index (χ1n) is 5.44. The molecule has 0 bridgehead atoms. The molecule has 0 amide bonds. The fourth-order valence-corrected chi connectivity index (χ4v) is 1.58. The van der Waals surface area contributed by atoms with Crippen molar-refractivity contribution in [1.82, 2.24) is 14.6 Å². The minimum absolute atomic E-state index is 0.322. The molecule has 0 saturated carbocycles. The number of carboxylic acids is 1. The Morgan fingerprint density at radius 2 is 2.24 bits per heavy atom. The lowest BCUT2D eigenvalue weighted by molar-refractivity contribution is -0.146. The van der Waals surface area contributed by atoms with E-state index in [-0.39, 0.29) is 0 Å². The predicted molar refractivity (Wildman–Crippen MR) is 62.8 cm³/mol. The van der Waals surface area contributed by atoms with Gasteiger partial charge in [-0.2, -0.15) is 5.10 Å². The molecule has 2 aromatic rings. The van der Waals surface area contributed by atoms with Crippen molar-refractivity contribution in [2.45, 2.75) is 27.2 Å². The highest BCUT2D eigenvalue weighted by Gasteiger charge is 2.29. The lowest BCUT2D eigenvalue weighted by Gasteiger charge is -2.16. The average Bonchev–Trinajstić information content (AvgIpc) is 2.57. The van der Waals surface area contributed by atoms with Crippen LogP contribution in [0.5, 0.6) is 0 Å². The zero-order valence-corrected chi connectivity index (χ0v) is 10.1. The average molecular weight is 233 g/mol. The summed E-state index contributed by atoms with van der Waals surface area (Å²) in [7, 11) is 0. The fourth-order valence-electron chi connectivity index (χ4n) is 1.58. The normalized spacial score (nSPS) is 11.9. The molecule has 0 radical (unpaired) electrons. The SMILES string of the molecule is Cc1ccn2nc(CC(C)(C)C(=O)O)nc2c1. The molecule has 0 aromatic carbocycles. The summed E-state index contributed by atoms with van der Waals surface area (Å²) in [5.74, 6) is -0.282. The number of hydrogen-bond donors (Lipinski definition) is 1. The van der Waals surface area contributed by atoms with Crippen molar-refractivity contribution in [3.63, 3.8) is 0 Å². The third-order valence-corrected chi connectivity index (χ3v) is 2.72. The molecule has 0 atom stereocenters. The number of carbonyl (C=O) groups is 1. The quantitative estimate of drug-likeness (QED) is 0.876. The van der Waals surface area contributed by atoms with Gasteiger partial charge in [-0.3, -0.25) is 4.79 Å². The molecule has 0 aliphatic heterocycles. The number of rotatable bonds is 3. The van der Waals surface area contributed by atoms with Crippen LogP contribution in [-0.4, -0.2) is 25.7 Å². The first-order valence-corrected chi connectivity index (χ1v) is 5.44. The van der Waals surface area contributed by atoms with Crippen molar-refractivity contribution in [1.29, 1.82) is 0 Å². The van der Waals surface area contributed by atoms with Crippen LogP contribution in [0.3, 0.4) is 0 Å². The monoisotopic (exact) mass is 233 g/mol. The summed E-state index contributed by atoms with van der Waals surface area (Å²) in [4.78, 5) is 15.4. The van der Waals surface area contributed by atoms with Gasteiger partial charge in [-0.15, -0.1) is 0 Å². The van der Waals surface area contributed by atoms with E-state index in [4.69, 9.17) is 5.11 Å². The van der Waals surface area contributed by atoms with Gasteiger partial charge in [-0.1, -0.05) is 0 Å². The van der Waals surface area contributed by atoms with Crippen LogP contribution in [0.1, 0.15) is 25.2 Å². The lowest BCUT2D eigenvalue weighted by Crippen LogP contribution is -2.26. The summed E-state index contributed by atoms with van der Waals surface area (Å²) in [5.41, 5.74) is 1.01. The van der Waals surface area contributed by atoms with Gasteiger partial charge in [0.2, 0.25) is 0 Å². The van der Waals surface area contributed by atoms with E-state index in [2.05, 4.69) is 10.1 Å². The molecule has 2 heterocycles. The Hall–Kier alpha value is -1.91. The van der Waals surface area contributed by atoms with Gasteiger partial charge in [0.25, 0.3) is 0 Å². The molecular formula is C12H15N3O2. The summed E-state index contributed by atoms with van der Waals surface area (Å²) in [6, 6.07) is 3.86. The number of aryl methyl sites for hydroxylation is 1. The zero-order chi connectivity index (χ0) is 12.6. The second-order valence-corrected chi connectivity index (χ2v) is 4.90. The standard InChI is InChI=1S/C12H15N3O2/c1-8-4-5-15-10(6-8)13-9(14-15)7-12(2,3)11(16)17/h4-6H,7H2,1-3H3,(H,16,17). The molecule has 0 aliphatic carbocycles. The minimum atomic E-state index is -0.847. The lowest BCUT2D eigenvalue weighted by atomic mass is 9.89. The minimum Gasteiger partial charge on any atom is -0.481 e. The maximum absolute atomic E-state index is 11.0. The molecule has 2 aromatic heterocycles. The fraction of sp³-hybridized carbons (Fsp3) is 0.417. The number of aliphatic carboxylic acids is 1. The van der Waals surface area contributed by atoms with Crippen LogP contribution in [0.4, 0.5) is 0 Å². The van der Waals surface area contributed by atoms with E-state index in [9.17, 15) is 4.79 Å². The maximum Gasteiger partial charge on any atom is 0.309 e. The van der Waals surface area contributed by atoms with E-state index in [1.54, 1.807) is 18.4 Å². The van der Waals surface area contributed by atoms with Crippen LogP contribution >= 0.6 is 0 Å². The Kier molecular flexibility index (Phi) is 2.61. The molecule has 0 saturated heterocycles. The number of nitrogens with zero attached hydrogens (tertiary/aromatic N) is 3. The highest BCUT2D eigenvalue weighted by Crippen LogP contribution is 2.20. The van der Waals surface area contributed by atoms with Gasteiger partial charge in [-0.25, -0.2) is 9.50 Å². The van der Waals surface area contributed by atoms with Crippen LogP contribution in [0.2, 0.25) is 0 Å². The van der Waals surface area contributed by atoms with E-state index in [1.807, 2.05) is 25.3 Å². The van der Waals surface area contributed by atoms with Gasteiger partial charge < -0.3 is 5.11 Å². The van der Waals surface area contributed by atoms with Crippen molar-refractivity contribution in [2.24, 2.45) is 5.41 Å². The van der Waals surface area contributed by atoms with Gasteiger partial charge in [0.15, 0.2) is 11.5 Å². The molecule has 0 aliphatic rings. The number of hydrogen-bond acceptors (Lipinski definition) is 3. The van der Waals surface area contributed by atoms with Crippen LogP contribution in [-0.2, 0) is 11.2 Å². The molecular weight excluding hydrogens is 218 g/mol. The van der Waals surface area contributed by atoms with E-state index >= 15 is 0 Å². The second kappa shape index (κ2) is 3.84. The number of aromatic nitrogens is 3. The van der Waals surface area contributed by atoms with Crippen LogP contribution in [0.15, 0.2) is 18.3 Å². The summed E-state index contributed by atoms with van der Waals surface area (Å²) in [6.45, 7) is 5.33. The van der Waals surface area contributed by atoms with Gasteiger partial charge in [-0.05, 0) is 38.5 Å². The maximum atomic E-state index is 11.0. The summed E-state index contributed by atoms with van der Waals surface area (Å²) < 4.78 is 1.67. The first-order chi connectivity index (χ1) is 7.88. The van der Waals surface area contributed by atoms with E-state index in [1.165, 1.54) is 0 Å². The van der Waals surface area contributed by atoms with Gasteiger partial charge in [0.1, 0.15) is 0 Å². The zero-order valence-electron chi connectivity index (χ0n) is 10.1. The molecule has 17 heavy (non-hydrogen) atoms. The van der Waals surface area contributed by atoms with Crippen molar-refractivity contribution < 1.29 is 9.90 Å². The molecule has 90 valence electrons. The van der Waals surface area contributed by atoms with Gasteiger partial charge in [0, 0.05) is 12.6 Å². The third-order valence-electron chi connectivity index (χ3n) is 2.72. The number of pyridine rings is 1. The number of fused-ring (bicyclic) bond motifs is 1. The highest BCUT2D eigenvalue weighted by molar-refractivity contribution is 5.73. The summed E-state index contributed by atoms with van der Waals surface area (Å²) >= 11 is 0. The van der Waals surface area contributed by atoms with Crippen molar-refractivity contribution in [3.8, 4) is 0 Å². The van der Waals surface area contributed by atoms with Crippen molar-refractivity contribution in [3.05, 3.63) is 29.7 Å². The largest absolute Gasteiger partial charge is 0.481 e. The van der Waals surface area contributed by atoms with Gasteiger partial charge in [0.05, 0.1) is 5.41 Å². The second-order valence-electron chi connectivity index (χ2n) is 4.90. The number of carboxylic acid groups (broad SMARTS) is 1. The molecule has 2 rings (SSSR count). The van der Waals surface area contributed by atoms with E-state index < -0.39 is 11.4 Å². The van der Waals surface area contributed by atoms with E-state index in [0.717, 1.165) is 11.2 Å². The molecule has 0 spiro atoms. The van der Waals surface area contributed by atoms with Crippen LogP contribution in [0.25, 0.3) is 5.65 Å². The predicted octanol–water partition coefficient (Wildman–Crippen LogP) is 1.69. The smallest absolute Gasteiger partial charge is 0.309 e. The summed E-state index contributed by atoms with van der Waals surface area (Å²) in [6.07, 6.45) is 2.15. The van der Waals surface area contributed by atoms with Gasteiger partial charge >= 0.3 is 5.97 Å². The Morgan fingerprint density at radius 1 is 1.53 bits per heavy atom. The topological polar surface area (TPSA) is 67.5 Å².